The number of benzene rings is 1. The Morgan fingerprint density at radius 1 is 0.852 bits per heavy atom. The highest BCUT2D eigenvalue weighted by atomic mass is 16.2. The second-order valence-electron chi connectivity index (χ2n) is 7.36. The van der Waals surface area contributed by atoms with Crippen LogP contribution in [0.25, 0.3) is 0 Å². The normalized spacial score (nSPS) is 17.6. The third-order valence-electron chi connectivity index (χ3n) is 5.39. The van der Waals surface area contributed by atoms with E-state index in [9.17, 15) is 4.79 Å². The van der Waals surface area contributed by atoms with Crippen LogP contribution in [-0.4, -0.2) is 47.0 Å². The number of amides is 1. The van der Waals surface area contributed by atoms with Gasteiger partial charge in [-0.3, -0.25) is 4.79 Å². The lowest BCUT2D eigenvalue weighted by Gasteiger charge is -2.20. The molecule has 2 aliphatic heterocycles. The topological polar surface area (TPSA) is 61.4 Å². The Kier molecular flexibility index (Phi) is 5.51. The highest BCUT2D eigenvalue weighted by Gasteiger charge is 2.19. The molecule has 1 aromatic carbocycles. The highest BCUT2D eigenvalue weighted by molar-refractivity contribution is 5.93. The number of hydrogen-bond donors (Lipinski definition) is 1. The van der Waals surface area contributed by atoms with Crippen LogP contribution < -0.4 is 10.2 Å². The third kappa shape index (κ3) is 4.38. The molecule has 3 heterocycles. The van der Waals surface area contributed by atoms with Crippen molar-refractivity contribution in [2.45, 2.75) is 38.5 Å². The first-order valence-corrected chi connectivity index (χ1v) is 10.0. The van der Waals surface area contributed by atoms with E-state index in [4.69, 9.17) is 0 Å². The molecular formula is C21H27N5O. The zero-order valence-electron chi connectivity index (χ0n) is 15.7. The number of nitrogens with zero attached hydrogens (tertiary/aromatic N) is 4. The van der Waals surface area contributed by atoms with Crippen molar-refractivity contribution in [3.8, 4) is 0 Å². The molecule has 6 nitrogen and oxygen atoms in total. The Hall–Kier alpha value is -2.63. The number of carbonyl (C=O) groups excluding carboxylic acids is 1. The molecule has 142 valence electrons. The Labute approximate surface area is 160 Å². The van der Waals surface area contributed by atoms with Crippen LogP contribution in [0.4, 0.5) is 17.2 Å². The van der Waals surface area contributed by atoms with E-state index in [2.05, 4.69) is 44.5 Å². The Morgan fingerprint density at radius 3 is 2.22 bits per heavy atom. The van der Waals surface area contributed by atoms with Gasteiger partial charge in [0.1, 0.15) is 17.8 Å². The van der Waals surface area contributed by atoms with Gasteiger partial charge < -0.3 is 15.1 Å². The summed E-state index contributed by atoms with van der Waals surface area (Å²) < 4.78 is 0. The number of carbonyl (C=O) groups is 1. The van der Waals surface area contributed by atoms with Crippen molar-refractivity contribution in [1.82, 2.24) is 14.9 Å². The van der Waals surface area contributed by atoms with Crippen molar-refractivity contribution < 1.29 is 4.79 Å². The second-order valence-corrected chi connectivity index (χ2v) is 7.36. The van der Waals surface area contributed by atoms with Gasteiger partial charge in [-0.25, -0.2) is 9.97 Å². The SMILES string of the molecule is O=C(c1cc(Nc2ccc(N3CCCC3)cc2)ncn1)N1CCCCCC1. The first-order chi connectivity index (χ1) is 13.3. The van der Waals surface area contributed by atoms with Gasteiger partial charge in [0, 0.05) is 43.6 Å². The third-order valence-corrected chi connectivity index (χ3v) is 5.39. The lowest BCUT2D eigenvalue weighted by Crippen LogP contribution is -2.32. The maximum Gasteiger partial charge on any atom is 0.272 e. The van der Waals surface area contributed by atoms with Crippen LogP contribution in [0, 0.1) is 0 Å². The molecule has 1 aromatic heterocycles. The first-order valence-electron chi connectivity index (χ1n) is 10.0. The molecule has 0 radical (unpaired) electrons. The molecule has 4 rings (SSSR count). The van der Waals surface area contributed by atoms with Gasteiger partial charge in [0.25, 0.3) is 5.91 Å². The molecule has 0 spiro atoms. The van der Waals surface area contributed by atoms with E-state index in [1.54, 1.807) is 6.07 Å². The number of likely N-dealkylation sites (tertiary alicyclic amines) is 1. The van der Waals surface area contributed by atoms with Crippen molar-refractivity contribution in [1.29, 1.82) is 0 Å². The summed E-state index contributed by atoms with van der Waals surface area (Å²) in [6.45, 7) is 3.93. The summed E-state index contributed by atoms with van der Waals surface area (Å²) in [5, 5.41) is 3.29. The minimum absolute atomic E-state index is 0.00623. The molecule has 2 aromatic rings. The predicted octanol–water partition coefficient (Wildman–Crippen LogP) is 3.84. The van der Waals surface area contributed by atoms with E-state index in [1.165, 1.54) is 37.7 Å². The van der Waals surface area contributed by atoms with E-state index < -0.39 is 0 Å². The predicted molar refractivity (Wildman–Crippen MR) is 108 cm³/mol. The smallest absolute Gasteiger partial charge is 0.272 e. The Balaban J connectivity index is 1.43. The molecule has 2 saturated heterocycles. The Morgan fingerprint density at radius 2 is 1.52 bits per heavy atom. The minimum atomic E-state index is 0.00623. The number of rotatable bonds is 4. The van der Waals surface area contributed by atoms with Gasteiger partial charge in [0.05, 0.1) is 0 Å². The molecule has 1 N–H and O–H groups in total. The molecule has 0 unspecified atom stereocenters. The van der Waals surface area contributed by atoms with Gasteiger partial charge in [-0.15, -0.1) is 0 Å². The quantitative estimate of drug-likeness (QED) is 0.892. The van der Waals surface area contributed by atoms with Crippen molar-refractivity contribution >= 4 is 23.1 Å². The standard InChI is InChI=1S/C21H27N5O/c27-21(26-13-3-1-2-4-14-26)19-15-20(23-16-22-19)24-17-7-9-18(10-8-17)25-11-5-6-12-25/h7-10,15-16H,1-6,11-14H2,(H,22,23,24). The molecule has 2 aliphatic rings. The van der Waals surface area contributed by atoms with Crippen LogP contribution >= 0.6 is 0 Å². The van der Waals surface area contributed by atoms with Crippen LogP contribution in [0.1, 0.15) is 49.0 Å². The monoisotopic (exact) mass is 365 g/mol. The number of hydrogen-bond acceptors (Lipinski definition) is 5. The average molecular weight is 365 g/mol. The molecule has 0 saturated carbocycles. The maximum absolute atomic E-state index is 12.8. The molecule has 0 bridgehead atoms. The van der Waals surface area contributed by atoms with Crippen LogP contribution in [0.5, 0.6) is 0 Å². The zero-order valence-corrected chi connectivity index (χ0v) is 15.7. The van der Waals surface area contributed by atoms with E-state index >= 15 is 0 Å². The van der Waals surface area contributed by atoms with E-state index in [1.807, 2.05) is 4.90 Å². The largest absolute Gasteiger partial charge is 0.372 e. The number of anilines is 3. The molecule has 27 heavy (non-hydrogen) atoms. The van der Waals surface area contributed by atoms with Crippen molar-refractivity contribution in [3.63, 3.8) is 0 Å². The average Bonchev–Trinajstić information content (AvgIpc) is 3.11. The molecule has 0 atom stereocenters. The fraction of sp³-hybridized carbons (Fsp3) is 0.476. The first kappa shape index (κ1) is 17.8. The summed E-state index contributed by atoms with van der Waals surface area (Å²) in [4.78, 5) is 25.6. The van der Waals surface area contributed by atoms with Gasteiger partial charge in [0.15, 0.2) is 0 Å². The van der Waals surface area contributed by atoms with Gasteiger partial charge in [-0.1, -0.05) is 12.8 Å². The maximum atomic E-state index is 12.8. The van der Waals surface area contributed by atoms with Crippen LogP contribution in [0.2, 0.25) is 0 Å². The van der Waals surface area contributed by atoms with Crippen molar-refractivity contribution in [2.75, 3.05) is 36.4 Å². The van der Waals surface area contributed by atoms with Gasteiger partial charge in [-0.2, -0.15) is 0 Å². The second kappa shape index (κ2) is 8.37. The van der Waals surface area contributed by atoms with Crippen LogP contribution in [0.15, 0.2) is 36.7 Å². The summed E-state index contributed by atoms with van der Waals surface area (Å²) in [5.41, 5.74) is 2.69. The van der Waals surface area contributed by atoms with E-state index in [-0.39, 0.29) is 5.91 Å². The molecule has 0 aliphatic carbocycles. The van der Waals surface area contributed by atoms with Crippen molar-refractivity contribution in [2.24, 2.45) is 0 Å². The summed E-state index contributed by atoms with van der Waals surface area (Å²) in [5.74, 6) is 0.656. The van der Waals surface area contributed by atoms with E-state index in [0.717, 1.165) is 44.7 Å². The molecule has 1 amide bonds. The number of nitrogens with one attached hydrogen (secondary N) is 1. The highest BCUT2D eigenvalue weighted by Crippen LogP contribution is 2.23. The zero-order chi connectivity index (χ0) is 18.5. The van der Waals surface area contributed by atoms with Crippen LogP contribution in [-0.2, 0) is 0 Å². The molecule has 6 heteroatoms. The van der Waals surface area contributed by atoms with Gasteiger partial charge >= 0.3 is 0 Å². The van der Waals surface area contributed by atoms with E-state index in [0.29, 0.717) is 11.5 Å². The minimum Gasteiger partial charge on any atom is -0.372 e. The summed E-state index contributed by atoms with van der Waals surface area (Å²) >= 11 is 0. The van der Waals surface area contributed by atoms with Gasteiger partial charge in [0.2, 0.25) is 0 Å². The van der Waals surface area contributed by atoms with Crippen LogP contribution in [0.3, 0.4) is 0 Å². The lowest BCUT2D eigenvalue weighted by molar-refractivity contribution is 0.0755. The fourth-order valence-electron chi connectivity index (χ4n) is 3.86. The lowest BCUT2D eigenvalue weighted by atomic mass is 10.2. The molecule has 2 fully saturated rings. The van der Waals surface area contributed by atoms with Gasteiger partial charge in [-0.05, 0) is 49.9 Å². The molecular weight excluding hydrogens is 338 g/mol. The Bertz CT molecular complexity index is 762. The summed E-state index contributed by atoms with van der Waals surface area (Å²) in [7, 11) is 0. The fourth-order valence-corrected chi connectivity index (χ4v) is 3.86. The number of aromatic nitrogens is 2. The van der Waals surface area contributed by atoms with Crippen molar-refractivity contribution in [3.05, 3.63) is 42.4 Å². The summed E-state index contributed by atoms with van der Waals surface area (Å²) in [6, 6.07) is 10.1. The summed E-state index contributed by atoms with van der Waals surface area (Å²) in [6.07, 6.45) is 8.56.